The number of aryl methyl sites for hydroxylation is 1. The zero-order valence-corrected chi connectivity index (χ0v) is 18.0. The average molecular weight is 435 g/mol. The van der Waals surface area contributed by atoms with Crippen LogP contribution in [0.1, 0.15) is 30.9 Å². The summed E-state index contributed by atoms with van der Waals surface area (Å²) in [6.07, 6.45) is 1.24. The highest BCUT2D eigenvalue weighted by atomic mass is 32.2. The molecule has 0 spiro atoms. The molecule has 6 nitrogen and oxygen atoms in total. The Kier molecular flexibility index (Phi) is 7.10. The van der Waals surface area contributed by atoms with Crippen molar-refractivity contribution in [1.82, 2.24) is 9.62 Å². The van der Waals surface area contributed by atoms with Crippen molar-refractivity contribution in [2.75, 3.05) is 19.7 Å². The minimum atomic E-state index is -3.70. The Balaban J connectivity index is 1.66. The molecule has 2 aromatic rings. The molecule has 162 valence electrons. The van der Waals surface area contributed by atoms with Gasteiger partial charge in [0.1, 0.15) is 11.6 Å². The zero-order valence-electron chi connectivity index (χ0n) is 17.2. The van der Waals surface area contributed by atoms with E-state index >= 15 is 0 Å². The van der Waals surface area contributed by atoms with Gasteiger partial charge in [0.2, 0.25) is 15.9 Å². The fourth-order valence-electron chi connectivity index (χ4n) is 3.56. The van der Waals surface area contributed by atoms with Crippen LogP contribution >= 0.6 is 0 Å². The van der Waals surface area contributed by atoms with Gasteiger partial charge in [0.05, 0.1) is 17.4 Å². The first kappa shape index (κ1) is 22.2. The lowest BCUT2D eigenvalue weighted by atomic mass is 9.99. The zero-order chi connectivity index (χ0) is 21.7. The van der Waals surface area contributed by atoms with Crippen molar-refractivity contribution in [3.63, 3.8) is 0 Å². The molecule has 0 aromatic heterocycles. The number of nitrogens with one attached hydrogen (secondary N) is 1. The van der Waals surface area contributed by atoms with E-state index in [1.54, 1.807) is 30.3 Å². The maximum Gasteiger partial charge on any atom is 0.243 e. The first-order valence-corrected chi connectivity index (χ1v) is 11.5. The first-order chi connectivity index (χ1) is 14.3. The van der Waals surface area contributed by atoms with E-state index in [0.29, 0.717) is 31.7 Å². The molecule has 30 heavy (non-hydrogen) atoms. The van der Waals surface area contributed by atoms with Crippen molar-refractivity contribution in [1.29, 1.82) is 0 Å². The van der Waals surface area contributed by atoms with E-state index < -0.39 is 15.9 Å². The normalized spacial score (nSPS) is 17.5. The first-order valence-electron chi connectivity index (χ1n) is 10.1. The van der Waals surface area contributed by atoms with Gasteiger partial charge in [-0.05, 0) is 68.1 Å². The molecular formula is C22H27FN2O4S. The van der Waals surface area contributed by atoms with Gasteiger partial charge in [-0.2, -0.15) is 4.31 Å². The van der Waals surface area contributed by atoms with Gasteiger partial charge in [-0.15, -0.1) is 0 Å². The third kappa shape index (κ3) is 5.17. The lowest BCUT2D eigenvalue weighted by Crippen LogP contribution is -2.45. The molecule has 1 fully saturated rings. The van der Waals surface area contributed by atoms with Gasteiger partial charge in [0.15, 0.2) is 0 Å². The Hall–Kier alpha value is -2.45. The molecule has 0 bridgehead atoms. The molecule has 8 heteroatoms. The molecule has 0 unspecified atom stereocenters. The summed E-state index contributed by atoms with van der Waals surface area (Å²) in [4.78, 5) is 12.8. The van der Waals surface area contributed by atoms with E-state index in [4.69, 9.17) is 4.74 Å². The van der Waals surface area contributed by atoms with E-state index in [0.717, 1.165) is 11.1 Å². The van der Waals surface area contributed by atoms with Crippen molar-refractivity contribution in [2.45, 2.75) is 38.1 Å². The number of hydrogen-bond acceptors (Lipinski definition) is 4. The number of amides is 1. The minimum absolute atomic E-state index is 0.143. The number of sulfonamides is 1. The van der Waals surface area contributed by atoms with Gasteiger partial charge in [-0.25, -0.2) is 12.8 Å². The molecule has 0 radical (unpaired) electrons. The molecule has 1 amide bonds. The van der Waals surface area contributed by atoms with Crippen LogP contribution in [0.15, 0.2) is 47.4 Å². The summed E-state index contributed by atoms with van der Waals surface area (Å²) < 4.78 is 46.1. The molecule has 2 aromatic carbocycles. The molecule has 0 aliphatic carbocycles. The van der Waals surface area contributed by atoms with Crippen molar-refractivity contribution in [2.24, 2.45) is 5.92 Å². The van der Waals surface area contributed by atoms with Crippen molar-refractivity contribution < 1.29 is 22.3 Å². The third-order valence-corrected chi connectivity index (χ3v) is 7.08. The van der Waals surface area contributed by atoms with Crippen LogP contribution in [0.5, 0.6) is 5.75 Å². The van der Waals surface area contributed by atoms with Crippen LogP contribution in [0.4, 0.5) is 4.39 Å². The van der Waals surface area contributed by atoms with Crippen LogP contribution in [-0.2, 0) is 21.4 Å². The molecule has 1 heterocycles. The maximum atomic E-state index is 13.1. The molecule has 1 aliphatic heterocycles. The number of benzene rings is 2. The van der Waals surface area contributed by atoms with Gasteiger partial charge in [0, 0.05) is 19.6 Å². The summed E-state index contributed by atoms with van der Waals surface area (Å²) in [5.74, 6) is -0.282. The maximum absolute atomic E-state index is 13.1. The SMILES string of the molecule is CCOc1ccc(S(=O)(=O)N2CCC[C@H](C(=O)NCc3ccc(F)cc3)C2)cc1C. The number of nitrogens with zero attached hydrogens (tertiary/aromatic N) is 1. The summed E-state index contributed by atoms with van der Waals surface area (Å²) in [5.41, 5.74) is 1.54. The number of ether oxygens (including phenoxy) is 1. The largest absolute Gasteiger partial charge is 0.494 e. The molecular weight excluding hydrogens is 407 g/mol. The van der Waals surface area contributed by atoms with Gasteiger partial charge >= 0.3 is 0 Å². The van der Waals surface area contributed by atoms with Crippen molar-refractivity contribution in [3.05, 3.63) is 59.4 Å². The van der Waals surface area contributed by atoms with Crippen LogP contribution in [-0.4, -0.2) is 38.3 Å². The van der Waals surface area contributed by atoms with E-state index in [1.165, 1.54) is 16.4 Å². The van der Waals surface area contributed by atoms with Gasteiger partial charge in [-0.3, -0.25) is 4.79 Å². The van der Waals surface area contributed by atoms with E-state index in [1.807, 2.05) is 13.8 Å². The summed E-state index contributed by atoms with van der Waals surface area (Å²) in [6.45, 7) is 5.00. The fraction of sp³-hybridized carbons (Fsp3) is 0.409. The Labute approximate surface area is 177 Å². The highest BCUT2D eigenvalue weighted by Gasteiger charge is 2.33. The number of piperidine rings is 1. The van der Waals surface area contributed by atoms with Crippen LogP contribution in [0.25, 0.3) is 0 Å². The van der Waals surface area contributed by atoms with Gasteiger partial charge in [-0.1, -0.05) is 12.1 Å². The Bertz CT molecular complexity index is 993. The van der Waals surface area contributed by atoms with Crippen LogP contribution in [0, 0.1) is 18.7 Å². The summed E-state index contributed by atoms with van der Waals surface area (Å²) >= 11 is 0. The van der Waals surface area contributed by atoms with E-state index in [-0.39, 0.29) is 29.7 Å². The average Bonchev–Trinajstić information content (AvgIpc) is 2.74. The predicted molar refractivity (Wildman–Crippen MR) is 112 cm³/mol. The lowest BCUT2D eigenvalue weighted by Gasteiger charge is -2.31. The van der Waals surface area contributed by atoms with E-state index in [9.17, 15) is 17.6 Å². The minimum Gasteiger partial charge on any atom is -0.494 e. The summed E-state index contributed by atoms with van der Waals surface area (Å²) in [6, 6.07) is 10.7. The van der Waals surface area contributed by atoms with Crippen LogP contribution in [0.3, 0.4) is 0 Å². The summed E-state index contributed by atoms with van der Waals surface area (Å²) in [7, 11) is -3.70. The third-order valence-electron chi connectivity index (χ3n) is 5.22. The Morgan fingerprint density at radius 2 is 1.97 bits per heavy atom. The second kappa shape index (κ2) is 9.57. The lowest BCUT2D eigenvalue weighted by molar-refractivity contribution is -0.126. The number of rotatable bonds is 7. The van der Waals surface area contributed by atoms with Crippen molar-refractivity contribution >= 4 is 15.9 Å². The topological polar surface area (TPSA) is 75.7 Å². The number of carbonyl (C=O) groups excluding carboxylic acids is 1. The van der Waals surface area contributed by atoms with Gasteiger partial charge in [0.25, 0.3) is 0 Å². The smallest absolute Gasteiger partial charge is 0.243 e. The predicted octanol–water partition coefficient (Wildman–Crippen LogP) is 3.25. The highest BCUT2D eigenvalue weighted by Crippen LogP contribution is 2.27. The quantitative estimate of drug-likeness (QED) is 0.726. The number of hydrogen-bond donors (Lipinski definition) is 1. The van der Waals surface area contributed by atoms with Crippen LogP contribution in [0.2, 0.25) is 0 Å². The second-order valence-corrected chi connectivity index (χ2v) is 9.34. The number of carbonyl (C=O) groups is 1. The van der Waals surface area contributed by atoms with E-state index in [2.05, 4.69) is 5.32 Å². The Morgan fingerprint density at radius 3 is 2.63 bits per heavy atom. The number of halogens is 1. The highest BCUT2D eigenvalue weighted by molar-refractivity contribution is 7.89. The Morgan fingerprint density at radius 1 is 1.23 bits per heavy atom. The molecule has 1 saturated heterocycles. The monoisotopic (exact) mass is 434 g/mol. The second-order valence-electron chi connectivity index (χ2n) is 7.41. The molecule has 0 saturated carbocycles. The van der Waals surface area contributed by atoms with Crippen LogP contribution < -0.4 is 10.1 Å². The molecule has 1 atom stereocenters. The molecule has 3 rings (SSSR count). The fourth-order valence-corrected chi connectivity index (χ4v) is 5.17. The van der Waals surface area contributed by atoms with Crippen molar-refractivity contribution in [3.8, 4) is 5.75 Å². The standard InChI is InChI=1S/C22H27FN2O4S/c1-3-29-21-11-10-20(13-16(21)2)30(27,28)25-12-4-5-18(15-25)22(26)24-14-17-6-8-19(23)9-7-17/h6-11,13,18H,3-5,12,14-15H2,1-2H3,(H,24,26)/t18-/m0/s1. The summed E-state index contributed by atoms with van der Waals surface area (Å²) in [5, 5.41) is 2.83. The molecule has 1 N–H and O–H groups in total. The molecule has 1 aliphatic rings. The van der Waals surface area contributed by atoms with Gasteiger partial charge < -0.3 is 10.1 Å².